The second-order valence-electron chi connectivity index (χ2n) is 6.06. The highest BCUT2D eigenvalue weighted by Gasteiger charge is 2.28. The number of benzene rings is 1. The molecule has 0 unspecified atom stereocenters. The SMILES string of the molecule is COc1ccc(S(=O)(=O)N2CCN(CCNC(=O)CCCCl)CC2)cc1. The smallest absolute Gasteiger partial charge is 0.243 e. The first kappa shape index (κ1) is 21.0. The fraction of sp³-hybridized carbons (Fsp3) is 0.588. The summed E-state index contributed by atoms with van der Waals surface area (Å²) in [5.41, 5.74) is 0. The number of amides is 1. The van der Waals surface area contributed by atoms with Gasteiger partial charge in [-0.1, -0.05) is 0 Å². The van der Waals surface area contributed by atoms with Gasteiger partial charge in [-0.15, -0.1) is 11.6 Å². The summed E-state index contributed by atoms with van der Waals surface area (Å²) in [7, 11) is -1.94. The van der Waals surface area contributed by atoms with Crippen LogP contribution in [0.15, 0.2) is 29.2 Å². The molecule has 146 valence electrons. The van der Waals surface area contributed by atoms with Crippen LogP contribution in [0.1, 0.15) is 12.8 Å². The van der Waals surface area contributed by atoms with E-state index in [0.29, 0.717) is 63.7 Å². The van der Waals surface area contributed by atoms with E-state index in [-0.39, 0.29) is 10.8 Å². The van der Waals surface area contributed by atoms with Crippen molar-refractivity contribution in [2.75, 3.05) is 52.3 Å². The van der Waals surface area contributed by atoms with E-state index >= 15 is 0 Å². The highest BCUT2D eigenvalue weighted by atomic mass is 35.5. The van der Waals surface area contributed by atoms with Crippen LogP contribution in [0.3, 0.4) is 0 Å². The molecule has 1 saturated heterocycles. The van der Waals surface area contributed by atoms with E-state index in [2.05, 4.69) is 10.2 Å². The quantitative estimate of drug-likeness (QED) is 0.625. The molecule has 1 amide bonds. The van der Waals surface area contributed by atoms with Gasteiger partial charge in [0, 0.05) is 51.6 Å². The molecule has 0 aromatic heterocycles. The van der Waals surface area contributed by atoms with E-state index in [4.69, 9.17) is 16.3 Å². The number of hydrogen-bond donors (Lipinski definition) is 1. The number of rotatable bonds is 9. The molecule has 0 atom stereocenters. The second-order valence-corrected chi connectivity index (χ2v) is 8.38. The summed E-state index contributed by atoms with van der Waals surface area (Å²) in [4.78, 5) is 14.0. The summed E-state index contributed by atoms with van der Waals surface area (Å²) in [6.07, 6.45) is 1.12. The topological polar surface area (TPSA) is 79.0 Å². The number of hydrogen-bond acceptors (Lipinski definition) is 5. The monoisotopic (exact) mass is 403 g/mol. The maximum atomic E-state index is 12.7. The van der Waals surface area contributed by atoms with Gasteiger partial charge in [0.25, 0.3) is 0 Å². The van der Waals surface area contributed by atoms with Gasteiger partial charge in [-0.3, -0.25) is 9.69 Å². The van der Waals surface area contributed by atoms with Gasteiger partial charge >= 0.3 is 0 Å². The number of nitrogens with zero attached hydrogens (tertiary/aromatic N) is 2. The van der Waals surface area contributed by atoms with Gasteiger partial charge in [0.2, 0.25) is 15.9 Å². The Morgan fingerprint density at radius 1 is 1.19 bits per heavy atom. The minimum Gasteiger partial charge on any atom is -0.497 e. The Labute approximate surface area is 160 Å². The van der Waals surface area contributed by atoms with Crippen molar-refractivity contribution in [3.05, 3.63) is 24.3 Å². The molecule has 0 saturated carbocycles. The average molecular weight is 404 g/mol. The number of alkyl halides is 1. The van der Waals surface area contributed by atoms with E-state index < -0.39 is 10.0 Å². The predicted molar refractivity (Wildman–Crippen MR) is 101 cm³/mol. The third-order valence-electron chi connectivity index (χ3n) is 4.32. The van der Waals surface area contributed by atoms with Crippen molar-refractivity contribution in [2.45, 2.75) is 17.7 Å². The van der Waals surface area contributed by atoms with Gasteiger partial charge in [0.05, 0.1) is 12.0 Å². The minimum absolute atomic E-state index is 0.00590. The Morgan fingerprint density at radius 3 is 2.42 bits per heavy atom. The van der Waals surface area contributed by atoms with Crippen LogP contribution in [0.2, 0.25) is 0 Å². The Kier molecular flexibility index (Phi) is 8.15. The van der Waals surface area contributed by atoms with Crippen LogP contribution in [-0.4, -0.2) is 75.8 Å². The van der Waals surface area contributed by atoms with Gasteiger partial charge in [-0.05, 0) is 30.7 Å². The zero-order valence-corrected chi connectivity index (χ0v) is 16.6. The molecule has 1 N–H and O–H groups in total. The molecule has 0 radical (unpaired) electrons. The maximum Gasteiger partial charge on any atom is 0.243 e. The molecule has 0 aliphatic carbocycles. The average Bonchev–Trinajstić information content (AvgIpc) is 2.67. The number of carbonyl (C=O) groups is 1. The molecular formula is C17H26ClN3O4S. The highest BCUT2D eigenvalue weighted by Crippen LogP contribution is 2.20. The number of piperazine rings is 1. The molecule has 9 heteroatoms. The van der Waals surface area contributed by atoms with Gasteiger partial charge in [0.1, 0.15) is 5.75 Å². The molecule has 26 heavy (non-hydrogen) atoms. The largest absolute Gasteiger partial charge is 0.497 e. The molecule has 1 aromatic carbocycles. The lowest BCUT2D eigenvalue weighted by Crippen LogP contribution is -2.50. The van der Waals surface area contributed by atoms with Crippen LogP contribution >= 0.6 is 11.6 Å². The first-order valence-electron chi connectivity index (χ1n) is 8.66. The Balaban J connectivity index is 1.79. The highest BCUT2D eigenvalue weighted by molar-refractivity contribution is 7.89. The van der Waals surface area contributed by atoms with Crippen LogP contribution in [0, 0.1) is 0 Å². The molecular weight excluding hydrogens is 378 g/mol. The Morgan fingerprint density at radius 2 is 1.85 bits per heavy atom. The van der Waals surface area contributed by atoms with Gasteiger partial charge in [0.15, 0.2) is 0 Å². The molecule has 0 spiro atoms. The molecule has 1 fully saturated rings. The molecule has 7 nitrogen and oxygen atoms in total. The van der Waals surface area contributed by atoms with E-state index in [1.807, 2.05) is 0 Å². The van der Waals surface area contributed by atoms with Gasteiger partial charge in [-0.2, -0.15) is 4.31 Å². The van der Waals surface area contributed by atoms with Crippen molar-refractivity contribution in [3.63, 3.8) is 0 Å². The van der Waals surface area contributed by atoms with Crippen LogP contribution in [0.25, 0.3) is 0 Å². The zero-order chi connectivity index (χ0) is 19.0. The third-order valence-corrected chi connectivity index (χ3v) is 6.50. The summed E-state index contributed by atoms with van der Waals surface area (Å²) in [5, 5.41) is 2.86. The molecule has 1 aliphatic rings. The van der Waals surface area contributed by atoms with Gasteiger partial charge in [-0.25, -0.2) is 8.42 Å². The van der Waals surface area contributed by atoms with Gasteiger partial charge < -0.3 is 10.1 Å². The molecule has 2 rings (SSSR count). The molecule has 1 heterocycles. The summed E-state index contributed by atoms with van der Waals surface area (Å²) >= 11 is 5.56. The predicted octanol–water partition coefficient (Wildman–Crippen LogP) is 1.14. The molecule has 0 bridgehead atoms. The van der Waals surface area contributed by atoms with Crippen LogP contribution in [-0.2, 0) is 14.8 Å². The summed E-state index contributed by atoms with van der Waals surface area (Å²) < 4.78 is 32.0. The summed E-state index contributed by atoms with van der Waals surface area (Å²) in [6.45, 7) is 3.44. The minimum atomic E-state index is -3.49. The van der Waals surface area contributed by atoms with E-state index in [1.165, 1.54) is 4.31 Å². The summed E-state index contributed by atoms with van der Waals surface area (Å²) in [6, 6.07) is 6.43. The fourth-order valence-corrected chi connectivity index (χ4v) is 4.32. The van der Waals surface area contributed by atoms with E-state index in [1.54, 1.807) is 31.4 Å². The standard InChI is InChI=1S/C17H26ClN3O4S/c1-25-15-4-6-16(7-5-15)26(23,24)21-13-11-20(12-14-21)10-9-19-17(22)3-2-8-18/h4-7H,2-3,8-14H2,1H3,(H,19,22). The Bertz CT molecular complexity index is 674. The van der Waals surface area contributed by atoms with Crippen molar-refractivity contribution in [1.82, 2.24) is 14.5 Å². The first-order valence-corrected chi connectivity index (χ1v) is 10.6. The number of carbonyl (C=O) groups excluding carboxylic acids is 1. The lowest BCUT2D eigenvalue weighted by molar-refractivity contribution is -0.121. The van der Waals surface area contributed by atoms with E-state index in [9.17, 15) is 13.2 Å². The normalized spacial score (nSPS) is 16.4. The van der Waals surface area contributed by atoms with Crippen LogP contribution in [0.4, 0.5) is 0 Å². The van der Waals surface area contributed by atoms with Crippen molar-refractivity contribution < 1.29 is 17.9 Å². The number of sulfonamides is 1. The van der Waals surface area contributed by atoms with Crippen LogP contribution < -0.4 is 10.1 Å². The number of ether oxygens (including phenoxy) is 1. The lowest BCUT2D eigenvalue weighted by Gasteiger charge is -2.34. The van der Waals surface area contributed by atoms with Crippen molar-refractivity contribution in [3.8, 4) is 5.75 Å². The fourth-order valence-electron chi connectivity index (χ4n) is 2.76. The van der Waals surface area contributed by atoms with Crippen molar-refractivity contribution in [1.29, 1.82) is 0 Å². The van der Waals surface area contributed by atoms with Crippen molar-refractivity contribution in [2.24, 2.45) is 0 Å². The van der Waals surface area contributed by atoms with Crippen LogP contribution in [0.5, 0.6) is 5.75 Å². The van der Waals surface area contributed by atoms with Crippen molar-refractivity contribution >= 4 is 27.5 Å². The maximum absolute atomic E-state index is 12.7. The summed E-state index contributed by atoms with van der Waals surface area (Å²) in [5.74, 6) is 1.12. The Hall–Kier alpha value is -1.35. The molecule has 1 aromatic rings. The van der Waals surface area contributed by atoms with E-state index in [0.717, 1.165) is 0 Å². The number of methoxy groups -OCH3 is 1. The number of halogens is 1. The second kappa shape index (κ2) is 10.1. The zero-order valence-electron chi connectivity index (χ0n) is 15.0. The lowest BCUT2D eigenvalue weighted by atomic mass is 10.3. The number of nitrogens with one attached hydrogen (secondary N) is 1. The third kappa shape index (κ3) is 5.84. The molecule has 1 aliphatic heterocycles. The first-order chi connectivity index (χ1) is 12.5.